The topological polar surface area (TPSA) is 55.1 Å². The number of nitrogens with one attached hydrogen (secondary N) is 1. The van der Waals surface area contributed by atoms with E-state index in [0.717, 1.165) is 12.8 Å². The Morgan fingerprint density at radius 1 is 1.44 bits per heavy atom. The van der Waals surface area contributed by atoms with E-state index < -0.39 is 0 Å². The van der Waals surface area contributed by atoms with Gasteiger partial charge in [0.25, 0.3) is 5.91 Å². The van der Waals surface area contributed by atoms with Crippen molar-refractivity contribution < 1.29 is 4.79 Å². The van der Waals surface area contributed by atoms with Gasteiger partial charge in [-0.2, -0.15) is 0 Å². The van der Waals surface area contributed by atoms with Crippen LogP contribution < -0.4 is 11.1 Å². The highest BCUT2D eigenvalue weighted by Gasteiger charge is 2.12. The number of nitrogen functional groups attached to an aromatic ring is 1. The molecule has 4 heteroatoms. The van der Waals surface area contributed by atoms with Gasteiger partial charge in [-0.1, -0.05) is 31.9 Å². The summed E-state index contributed by atoms with van der Waals surface area (Å²) >= 11 is 5.82. The Morgan fingerprint density at radius 2 is 2.11 bits per heavy atom. The molecule has 0 spiro atoms. The average molecular weight is 269 g/mol. The van der Waals surface area contributed by atoms with Gasteiger partial charge in [0.1, 0.15) is 0 Å². The molecule has 1 amide bonds. The number of nitrogens with two attached hydrogens (primary N) is 1. The zero-order valence-electron chi connectivity index (χ0n) is 11.2. The van der Waals surface area contributed by atoms with Crippen LogP contribution in [0, 0.1) is 5.92 Å². The van der Waals surface area contributed by atoms with Gasteiger partial charge in [-0.05, 0) is 37.5 Å². The number of hydrogen-bond acceptors (Lipinski definition) is 2. The maximum atomic E-state index is 12.0. The number of anilines is 1. The molecule has 0 aromatic heterocycles. The third-order valence-electron chi connectivity index (χ3n) is 3.09. The molecule has 3 N–H and O–H groups in total. The SMILES string of the molecule is CCC(C)CC(C)NC(=O)c1ccc(Cl)c(N)c1. The van der Waals surface area contributed by atoms with E-state index >= 15 is 0 Å². The highest BCUT2D eigenvalue weighted by atomic mass is 35.5. The highest BCUT2D eigenvalue weighted by Crippen LogP contribution is 2.19. The molecule has 0 aliphatic heterocycles. The summed E-state index contributed by atoms with van der Waals surface area (Å²) in [7, 11) is 0. The molecule has 0 saturated heterocycles. The van der Waals surface area contributed by atoms with E-state index in [2.05, 4.69) is 19.2 Å². The zero-order chi connectivity index (χ0) is 13.7. The third-order valence-corrected chi connectivity index (χ3v) is 3.43. The lowest BCUT2D eigenvalue weighted by atomic mass is 10.00. The predicted octanol–water partition coefficient (Wildman–Crippen LogP) is 3.48. The van der Waals surface area contributed by atoms with E-state index in [-0.39, 0.29) is 11.9 Å². The molecule has 3 nitrogen and oxygen atoms in total. The molecule has 0 aliphatic carbocycles. The van der Waals surface area contributed by atoms with Gasteiger partial charge in [0.15, 0.2) is 0 Å². The van der Waals surface area contributed by atoms with Crippen molar-refractivity contribution in [1.29, 1.82) is 0 Å². The fraction of sp³-hybridized carbons (Fsp3) is 0.500. The summed E-state index contributed by atoms with van der Waals surface area (Å²) in [6.07, 6.45) is 2.10. The van der Waals surface area contributed by atoms with Crippen LogP contribution in [-0.4, -0.2) is 11.9 Å². The first-order chi connectivity index (χ1) is 8.43. The van der Waals surface area contributed by atoms with Crippen molar-refractivity contribution in [3.8, 4) is 0 Å². The van der Waals surface area contributed by atoms with Gasteiger partial charge in [0.2, 0.25) is 0 Å². The second-order valence-corrected chi connectivity index (χ2v) is 5.27. The summed E-state index contributed by atoms with van der Waals surface area (Å²) in [6.45, 7) is 6.35. The Morgan fingerprint density at radius 3 is 2.67 bits per heavy atom. The molecule has 1 aromatic rings. The third kappa shape index (κ3) is 4.22. The molecule has 0 saturated carbocycles. The van der Waals surface area contributed by atoms with Crippen LogP contribution in [-0.2, 0) is 0 Å². The Balaban J connectivity index is 2.62. The summed E-state index contributed by atoms with van der Waals surface area (Å²) in [6, 6.07) is 5.09. The fourth-order valence-electron chi connectivity index (χ4n) is 1.82. The van der Waals surface area contributed by atoms with E-state index in [4.69, 9.17) is 17.3 Å². The maximum absolute atomic E-state index is 12.0. The molecular weight excluding hydrogens is 248 g/mol. The van der Waals surface area contributed by atoms with E-state index in [1.54, 1.807) is 18.2 Å². The molecule has 0 aliphatic rings. The fourth-order valence-corrected chi connectivity index (χ4v) is 1.94. The first kappa shape index (κ1) is 14.8. The van der Waals surface area contributed by atoms with Crippen LogP contribution in [0.25, 0.3) is 0 Å². The van der Waals surface area contributed by atoms with Gasteiger partial charge >= 0.3 is 0 Å². The summed E-state index contributed by atoms with van der Waals surface area (Å²) in [5, 5.41) is 3.44. The van der Waals surface area contributed by atoms with Crippen LogP contribution >= 0.6 is 11.6 Å². The van der Waals surface area contributed by atoms with Crippen molar-refractivity contribution in [2.45, 2.75) is 39.7 Å². The molecule has 0 bridgehead atoms. The normalized spacial score (nSPS) is 14.0. The molecule has 1 aromatic carbocycles. The summed E-state index contributed by atoms with van der Waals surface area (Å²) in [5.41, 5.74) is 6.66. The van der Waals surface area contributed by atoms with Crippen LogP contribution in [0.3, 0.4) is 0 Å². The number of hydrogen-bond donors (Lipinski definition) is 2. The van der Waals surface area contributed by atoms with Gasteiger partial charge in [-0.25, -0.2) is 0 Å². The minimum atomic E-state index is -0.103. The molecule has 0 radical (unpaired) electrons. The number of halogens is 1. The summed E-state index contributed by atoms with van der Waals surface area (Å²) in [5.74, 6) is 0.504. The Hall–Kier alpha value is -1.22. The van der Waals surface area contributed by atoms with Crippen molar-refractivity contribution in [2.24, 2.45) is 5.92 Å². The second-order valence-electron chi connectivity index (χ2n) is 4.86. The smallest absolute Gasteiger partial charge is 0.251 e. The van der Waals surface area contributed by atoms with Crippen LogP contribution in [0.1, 0.15) is 44.0 Å². The number of rotatable bonds is 5. The molecule has 2 atom stereocenters. The zero-order valence-corrected chi connectivity index (χ0v) is 11.9. The molecule has 1 rings (SSSR count). The molecule has 18 heavy (non-hydrogen) atoms. The lowest BCUT2D eigenvalue weighted by Crippen LogP contribution is -2.33. The van der Waals surface area contributed by atoms with Gasteiger partial charge in [0.05, 0.1) is 10.7 Å². The monoisotopic (exact) mass is 268 g/mol. The van der Waals surface area contributed by atoms with Gasteiger partial charge < -0.3 is 11.1 Å². The molecular formula is C14H21ClN2O. The van der Waals surface area contributed by atoms with Crippen LogP contribution in [0.2, 0.25) is 5.02 Å². The van der Waals surface area contributed by atoms with E-state index in [1.807, 2.05) is 6.92 Å². The van der Waals surface area contributed by atoms with E-state index in [9.17, 15) is 4.79 Å². The Labute approximate surface area is 114 Å². The first-order valence-electron chi connectivity index (χ1n) is 6.30. The van der Waals surface area contributed by atoms with Crippen molar-refractivity contribution in [1.82, 2.24) is 5.32 Å². The van der Waals surface area contributed by atoms with Crippen molar-refractivity contribution in [2.75, 3.05) is 5.73 Å². The molecule has 2 unspecified atom stereocenters. The maximum Gasteiger partial charge on any atom is 0.251 e. The predicted molar refractivity (Wildman–Crippen MR) is 76.9 cm³/mol. The minimum Gasteiger partial charge on any atom is -0.398 e. The quantitative estimate of drug-likeness (QED) is 0.804. The minimum absolute atomic E-state index is 0.103. The van der Waals surface area contributed by atoms with Crippen molar-refractivity contribution in [3.05, 3.63) is 28.8 Å². The molecule has 100 valence electrons. The van der Waals surface area contributed by atoms with Gasteiger partial charge in [-0.3, -0.25) is 4.79 Å². The lowest BCUT2D eigenvalue weighted by molar-refractivity contribution is 0.0935. The first-order valence-corrected chi connectivity index (χ1v) is 6.67. The number of benzene rings is 1. The van der Waals surface area contributed by atoms with Crippen molar-refractivity contribution in [3.63, 3.8) is 0 Å². The van der Waals surface area contributed by atoms with Crippen LogP contribution in [0.15, 0.2) is 18.2 Å². The molecule has 0 fully saturated rings. The summed E-state index contributed by atoms with van der Waals surface area (Å²) < 4.78 is 0. The van der Waals surface area contributed by atoms with E-state index in [1.165, 1.54) is 0 Å². The van der Waals surface area contributed by atoms with Crippen molar-refractivity contribution >= 4 is 23.2 Å². The van der Waals surface area contributed by atoms with Crippen LogP contribution in [0.5, 0.6) is 0 Å². The van der Waals surface area contributed by atoms with Gasteiger partial charge in [0, 0.05) is 11.6 Å². The largest absolute Gasteiger partial charge is 0.398 e. The number of amides is 1. The van der Waals surface area contributed by atoms with E-state index in [0.29, 0.717) is 22.2 Å². The van der Waals surface area contributed by atoms with Crippen LogP contribution in [0.4, 0.5) is 5.69 Å². The Kier molecular flexibility index (Phi) is 5.48. The highest BCUT2D eigenvalue weighted by molar-refractivity contribution is 6.33. The average Bonchev–Trinajstić information content (AvgIpc) is 2.32. The second kappa shape index (κ2) is 6.64. The molecule has 0 heterocycles. The summed E-state index contributed by atoms with van der Waals surface area (Å²) in [4.78, 5) is 12.0. The standard InChI is InChI=1S/C14H21ClN2O/c1-4-9(2)7-10(3)17-14(18)11-5-6-12(15)13(16)8-11/h5-6,8-10H,4,7,16H2,1-3H3,(H,17,18). The number of carbonyl (C=O) groups is 1. The number of carbonyl (C=O) groups excluding carboxylic acids is 1. The Bertz CT molecular complexity index is 420. The van der Waals surface area contributed by atoms with Gasteiger partial charge in [-0.15, -0.1) is 0 Å². The lowest BCUT2D eigenvalue weighted by Gasteiger charge is -2.17.